The van der Waals surface area contributed by atoms with E-state index in [1.54, 1.807) is 29.2 Å². The Hall–Kier alpha value is -2.17. The molecule has 0 spiro atoms. The molecule has 0 aliphatic carbocycles. The predicted molar refractivity (Wildman–Crippen MR) is 78.8 cm³/mol. The van der Waals surface area contributed by atoms with E-state index >= 15 is 0 Å². The molecule has 0 amide bonds. The molecule has 20 heavy (non-hydrogen) atoms. The van der Waals surface area contributed by atoms with Crippen molar-refractivity contribution in [1.82, 2.24) is 14.8 Å². The molecule has 3 rings (SSSR count). The van der Waals surface area contributed by atoms with Crippen molar-refractivity contribution in [2.75, 3.05) is 0 Å². The van der Waals surface area contributed by atoms with Gasteiger partial charge in [0.15, 0.2) is 0 Å². The summed E-state index contributed by atoms with van der Waals surface area (Å²) in [5.41, 5.74) is 8.74. The highest BCUT2D eigenvalue weighted by Crippen LogP contribution is 2.25. The lowest BCUT2D eigenvalue weighted by Crippen LogP contribution is -2.18. The molecule has 0 fully saturated rings. The topological polar surface area (TPSA) is 56.7 Å². The van der Waals surface area contributed by atoms with Gasteiger partial charge in [0, 0.05) is 12.4 Å². The normalized spacial score (nSPS) is 12.3. The number of pyridine rings is 1. The molecule has 3 aromatic rings. The first-order chi connectivity index (χ1) is 9.77. The van der Waals surface area contributed by atoms with Crippen LogP contribution in [0.2, 0.25) is 5.02 Å². The Morgan fingerprint density at radius 2 is 1.80 bits per heavy atom. The number of halogens is 1. The van der Waals surface area contributed by atoms with Gasteiger partial charge in [-0.1, -0.05) is 29.8 Å². The van der Waals surface area contributed by atoms with Gasteiger partial charge >= 0.3 is 0 Å². The van der Waals surface area contributed by atoms with Crippen LogP contribution in [-0.4, -0.2) is 14.8 Å². The Kier molecular flexibility index (Phi) is 3.50. The molecule has 0 aliphatic rings. The van der Waals surface area contributed by atoms with Crippen LogP contribution in [0.3, 0.4) is 0 Å². The van der Waals surface area contributed by atoms with Gasteiger partial charge in [0.1, 0.15) is 0 Å². The first kappa shape index (κ1) is 12.8. The lowest BCUT2D eigenvalue weighted by atomic mass is 10.1. The number of nitrogens with zero attached hydrogens (tertiary/aromatic N) is 3. The Labute approximate surface area is 121 Å². The molecule has 1 aromatic carbocycles. The van der Waals surface area contributed by atoms with Crippen molar-refractivity contribution in [2.24, 2.45) is 5.73 Å². The van der Waals surface area contributed by atoms with E-state index in [0.29, 0.717) is 10.7 Å². The number of rotatable bonds is 3. The summed E-state index contributed by atoms with van der Waals surface area (Å²) in [5.74, 6) is 0. The van der Waals surface area contributed by atoms with Gasteiger partial charge in [0.25, 0.3) is 0 Å². The van der Waals surface area contributed by atoms with Crippen LogP contribution in [0, 0.1) is 0 Å². The van der Waals surface area contributed by atoms with Gasteiger partial charge in [-0.25, -0.2) is 4.68 Å². The van der Waals surface area contributed by atoms with Crippen molar-refractivity contribution in [3.05, 3.63) is 77.3 Å². The Morgan fingerprint density at radius 1 is 1.00 bits per heavy atom. The molecule has 5 heteroatoms. The summed E-state index contributed by atoms with van der Waals surface area (Å²) < 4.78 is 1.80. The highest BCUT2D eigenvalue weighted by Gasteiger charge is 2.18. The van der Waals surface area contributed by atoms with Crippen molar-refractivity contribution in [2.45, 2.75) is 6.04 Å². The Morgan fingerprint density at radius 3 is 2.55 bits per heavy atom. The van der Waals surface area contributed by atoms with Crippen molar-refractivity contribution < 1.29 is 0 Å². The second-order valence-electron chi connectivity index (χ2n) is 4.35. The number of hydrogen-bond acceptors (Lipinski definition) is 3. The fraction of sp³-hybridized carbons (Fsp3) is 0.0667. The van der Waals surface area contributed by atoms with Crippen LogP contribution in [0.5, 0.6) is 0 Å². The Bertz CT molecular complexity index is 709. The number of hydrogen-bond donors (Lipinski definition) is 1. The van der Waals surface area contributed by atoms with E-state index in [4.69, 9.17) is 17.3 Å². The van der Waals surface area contributed by atoms with E-state index in [0.717, 1.165) is 11.4 Å². The van der Waals surface area contributed by atoms with E-state index < -0.39 is 6.04 Å². The third-order valence-corrected chi connectivity index (χ3v) is 3.39. The third kappa shape index (κ3) is 2.31. The number of aromatic nitrogens is 3. The molecule has 1 atom stereocenters. The molecule has 1 unspecified atom stereocenters. The van der Waals surface area contributed by atoms with Crippen LogP contribution >= 0.6 is 11.6 Å². The summed E-state index contributed by atoms with van der Waals surface area (Å²) in [6.45, 7) is 0. The maximum atomic E-state index is 6.29. The summed E-state index contributed by atoms with van der Waals surface area (Å²) in [4.78, 5) is 4.27. The molecule has 4 nitrogen and oxygen atoms in total. The fourth-order valence-corrected chi connectivity index (χ4v) is 2.34. The van der Waals surface area contributed by atoms with E-state index in [1.807, 2.05) is 36.4 Å². The molecular weight excluding hydrogens is 272 g/mol. The first-order valence-electron chi connectivity index (χ1n) is 6.22. The fourth-order valence-electron chi connectivity index (χ4n) is 2.10. The Balaban J connectivity index is 2.04. The van der Waals surface area contributed by atoms with E-state index in [9.17, 15) is 0 Å². The maximum Gasteiger partial charge on any atom is 0.0916 e. The molecule has 0 bridgehead atoms. The van der Waals surface area contributed by atoms with Crippen LogP contribution < -0.4 is 5.73 Å². The quantitative estimate of drug-likeness (QED) is 0.804. The van der Waals surface area contributed by atoms with Gasteiger partial charge in [-0.3, -0.25) is 4.98 Å². The second kappa shape index (κ2) is 5.45. The zero-order chi connectivity index (χ0) is 13.9. The van der Waals surface area contributed by atoms with Crippen molar-refractivity contribution in [3.8, 4) is 5.69 Å². The largest absolute Gasteiger partial charge is 0.318 e. The number of benzene rings is 1. The van der Waals surface area contributed by atoms with Crippen molar-refractivity contribution in [1.29, 1.82) is 0 Å². The lowest BCUT2D eigenvalue weighted by molar-refractivity contribution is 0.723. The highest BCUT2D eigenvalue weighted by atomic mass is 35.5. The van der Waals surface area contributed by atoms with Gasteiger partial charge in [0.2, 0.25) is 0 Å². The van der Waals surface area contributed by atoms with Crippen molar-refractivity contribution >= 4 is 11.6 Å². The summed E-state index contributed by atoms with van der Waals surface area (Å²) in [5, 5.41) is 4.88. The van der Waals surface area contributed by atoms with Crippen LogP contribution in [0.4, 0.5) is 0 Å². The number of nitrogens with two attached hydrogens (primary N) is 1. The minimum atomic E-state index is -0.425. The second-order valence-corrected chi connectivity index (χ2v) is 4.76. The van der Waals surface area contributed by atoms with Gasteiger partial charge < -0.3 is 5.73 Å². The SMILES string of the molecule is NC(c1ncccc1Cl)c1ccnn1-c1ccccc1. The van der Waals surface area contributed by atoms with Gasteiger partial charge in [-0.2, -0.15) is 5.10 Å². The van der Waals surface area contributed by atoms with Gasteiger partial charge in [-0.05, 0) is 30.3 Å². The average molecular weight is 285 g/mol. The summed E-state index contributed by atoms with van der Waals surface area (Å²) in [6.07, 6.45) is 3.41. The number of para-hydroxylation sites is 1. The third-order valence-electron chi connectivity index (χ3n) is 3.07. The zero-order valence-corrected chi connectivity index (χ0v) is 11.4. The summed E-state index contributed by atoms with van der Waals surface area (Å²) >= 11 is 6.16. The lowest BCUT2D eigenvalue weighted by Gasteiger charge is -2.15. The predicted octanol–water partition coefficient (Wildman–Crippen LogP) is 2.97. The van der Waals surface area contributed by atoms with E-state index in [2.05, 4.69) is 10.1 Å². The molecular formula is C15H13ClN4. The van der Waals surface area contributed by atoms with Gasteiger partial charge in [-0.15, -0.1) is 0 Å². The molecule has 2 heterocycles. The molecule has 100 valence electrons. The smallest absolute Gasteiger partial charge is 0.0916 e. The minimum absolute atomic E-state index is 0.425. The zero-order valence-electron chi connectivity index (χ0n) is 10.6. The standard InChI is InChI=1S/C15H13ClN4/c16-12-7-4-9-18-15(12)14(17)13-8-10-19-20(13)11-5-2-1-3-6-11/h1-10,14H,17H2. The molecule has 0 saturated heterocycles. The first-order valence-corrected chi connectivity index (χ1v) is 6.60. The molecule has 0 radical (unpaired) electrons. The van der Waals surface area contributed by atoms with Crippen LogP contribution in [0.1, 0.15) is 17.4 Å². The van der Waals surface area contributed by atoms with E-state index in [1.165, 1.54) is 0 Å². The van der Waals surface area contributed by atoms with Crippen molar-refractivity contribution in [3.63, 3.8) is 0 Å². The maximum absolute atomic E-state index is 6.29. The molecule has 2 N–H and O–H groups in total. The highest BCUT2D eigenvalue weighted by molar-refractivity contribution is 6.31. The average Bonchev–Trinajstić information content (AvgIpc) is 2.97. The monoisotopic (exact) mass is 284 g/mol. The van der Waals surface area contributed by atoms with Crippen LogP contribution in [-0.2, 0) is 0 Å². The van der Waals surface area contributed by atoms with E-state index in [-0.39, 0.29) is 0 Å². The summed E-state index contributed by atoms with van der Waals surface area (Å²) in [7, 11) is 0. The van der Waals surface area contributed by atoms with Gasteiger partial charge in [0.05, 0.1) is 28.1 Å². The molecule has 0 aliphatic heterocycles. The summed E-state index contributed by atoms with van der Waals surface area (Å²) in [6, 6.07) is 14.9. The van der Waals surface area contributed by atoms with Crippen LogP contribution in [0.15, 0.2) is 60.9 Å². The molecule has 2 aromatic heterocycles. The molecule has 0 saturated carbocycles. The van der Waals surface area contributed by atoms with Crippen LogP contribution in [0.25, 0.3) is 5.69 Å². The minimum Gasteiger partial charge on any atom is -0.318 e.